The van der Waals surface area contributed by atoms with Crippen LogP contribution in [0, 0.1) is 0 Å². The lowest BCUT2D eigenvalue weighted by Gasteiger charge is -2.42. The molecule has 1 fully saturated rings. The number of benzene rings is 2. The second kappa shape index (κ2) is 4.23. The Morgan fingerprint density at radius 1 is 0.889 bits per heavy atom. The Labute approximate surface area is 107 Å². The molecule has 1 saturated carbocycles. The van der Waals surface area contributed by atoms with Crippen LogP contribution in [0.2, 0.25) is 0 Å². The molecule has 92 valence electrons. The van der Waals surface area contributed by atoms with E-state index in [1.54, 1.807) is 0 Å². The van der Waals surface area contributed by atoms with Gasteiger partial charge in [0.1, 0.15) is 0 Å². The molecule has 0 aromatic heterocycles. The molecule has 0 bridgehead atoms. The minimum Gasteiger partial charge on any atom is -0.393 e. The molecular formula is C16H17NO. The molecule has 0 radical (unpaired) electrons. The van der Waals surface area contributed by atoms with Gasteiger partial charge >= 0.3 is 0 Å². The Bertz CT molecular complexity index is 527. The van der Waals surface area contributed by atoms with Gasteiger partial charge in [0.2, 0.25) is 0 Å². The van der Waals surface area contributed by atoms with Crippen molar-refractivity contribution in [2.24, 2.45) is 5.73 Å². The lowest BCUT2D eigenvalue weighted by molar-refractivity contribution is 0.0209. The molecule has 2 aromatic carbocycles. The van der Waals surface area contributed by atoms with Crippen molar-refractivity contribution >= 4 is 0 Å². The molecule has 1 aliphatic rings. The maximum atomic E-state index is 9.40. The highest BCUT2D eigenvalue weighted by Crippen LogP contribution is 2.39. The summed E-state index contributed by atoms with van der Waals surface area (Å²) in [5.74, 6) is 0. The third kappa shape index (κ3) is 1.94. The predicted octanol–water partition coefficient (Wildman–Crippen LogP) is 2.66. The van der Waals surface area contributed by atoms with E-state index in [-0.39, 0.29) is 11.6 Å². The van der Waals surface area contributed by atoms with Crippen molar-refractivity contribution in [2.45, 2.75) is 24.5 Å². The van der Waals surface area contributed by atoms with Gasteiger partial charge in [-0.3, -0.25) is 0 Å². The molecule has 0 saturated heterocycles. The molecule has 0 spiro atoms. The van der Waals surface area contributed by atoms with E-state index in [0.717, 1.165) is 5.56 Å². The quantitative estimate of drug-likeness (QED) is 0.846. The first-order valence-electron chi connectivity index (χ1n) is 6.30. The minimum absolute atomic E-state index is 0.233. The summed E-state index contributed by atoms with van der Waals surface area (Å²) >= 11 is 0. The van der Waals surface area contributed by atoms with Crippen molar-refractivity contribution in [1.82, 2.24) is 0 Å². The Hall–Kier alpha value is -1.64. The van der Waals surface area contributed by atoms with Crippen LogP contribution >= 0.6 is 0 Å². The van der Waals surface area contributed by atoms with Crippen LogP contribution in [0.5, 0.6) is 0 Å². The standard InChI is InChI=1S/C16H17NO/c17-16(10-15(18)11-16)14-8-6-13(7-9-14)12-4-2-1-3-5-12/h1-9,15,18H,10-11,17H2. The van der Waals surface area contributed by atoms with Crippen molar-refractivity contribution in [3.63, 3.8) is 0 Å². The zero-order valence-corrected chi connectivity index (χ0v) is 10.2. The number of aliphatic hydroxyl groups is 1. The van der Waals surface area contributed by atoms with Gasteiger partial charge in [-0.25, -0.2) is 0 Å². The summed E-state index contributed by atoms with van der Waals surface area (Å²) in [4.78, 5) is 0. The Morgan fingerprint density at radius 2 is 1.44 bits per heavy atom. The molecule has 2 aromatic rings. The maximum absolute atomic E-state index is 9.40. The normalized spacial score (nSPS) is 26.7. The van der Waals surface area contributed by atoms with Crippen molar-refractivity contribution in [3.05, 3.63) is 60.2 Å². The predicted molar refractivity (Wildman–Crippen MR) is 73.0 cm³/mol. The monoisotopic (exact) mass is 239 g/mol. The van der Waals surface area contributed by atoms with E-state index < -0.39 is 0 Å². The van der Waals surface area contributed by atoms with Gasteiger partial charge in [0.05, 0.1) is 6.10 Å². The summed E-state index contributed by atoms with van der Waals surface area (Å²) in [6, 6.07) is 18.6. The summed E-state index contributed by atoms with van der Waals surface area (Å²) in [5.41, 5.74) is 9.45. The van der Waals surface area contributed by atoms with Crippen LogP contribution in [0.4, 0.5) is 0 Å². The van der Waals surface area contributed by atoms with Crippen molar-refractivity contribution in [3.8, 4) is 11.1 Å². The second-order valence-corrected chi connectivity index (χ2v) is 5.16. The summed E-state index contributed by atoms with van der Waals surface area (Å²) in [7, 11) is 0. The lowest BCUT2D eigenvalue weighted by atomic mass is 9.70. The lowest BCUT2D eigenvalue weighted by Crippen LogP contribution is -2.51. The van der Waals surface area contributed by atoms with Gasteiger partial charge < -0.3 is 10.8 Å². The third-order valence-corrected chi connectivity index (χ3v) is 3.77. The molecule has 2 nitrogen and oxygen atoms in total. The number of hydrogen-bond donors (Lipinski definition) is 2. The molecule has 0 amide bonds. The van der Waals surface area contributed by atoms with Gasteiger partial charge in [-0.05, 0) is 29.5 Å². The van der Waals surface area contributed by atoms with Gasteiger partial charge in [0.25, 0.3) is 0 Å². The van der Waals surface area contributed by atoms with E-state index in [2.05, 4.69) is 36.4 Å². The van der Waals surface area contributed by atoms with E-state index in [1.165, 1.54) is 11.1 Å². The Kier molecular flexibility index (Phi) is 2.69. The number of nitrogens with two attached hydrogens (primary N) is 1. The van der Waals surface area contributed by atoms with Crippen LogP contribution in [-0.2, 0) is 5.54 Å². The SMILES string of the molecule is NC1(c2ccc(-c3ccccc3)cc2)CC(O)C1. The van der Waals surface area contributed by atoms with Gasteiger partial charge in [0, 0.05) is 5.54 Å². The fraction of sp³-hybridized carbons (Fsp3) is 0.250. The van der Waals surface area contributed by atoms with Crippen LogP contribution in [0.1, 0.15) is 18.4 Å². The van der Waals surface area contributed by atoms with Crippen molar-refractivity contribution in [1.29, 1.82) is 0 Å². The van der Waals surface area contributed by atoms with E-state index in [4.69, 9.17) is 5.73 Å². The smallest absolute Gasteiger partial charge is 0.0582 e. The molecular weight excluding hydrogens is 222 g/mol. The third-order valence-electron chi connectivity index (χ3n) is 3.77. The fourth-order valence-electron chi connectivity index (χ4n) is 2.64. The summed E-state index contributed by atoms with van der Waals surface area (Å²) in [6.07, 6.45) is 1.10. The molecule has 18 heavy (non-hydrogen) atoms. The van der Waals surface area contributed by atoms with E-state index >= 15 is 0 Å². The number of aliphatic hydroxyl groups excluding tert-OH is 1. The largest absolute Gasteiger partial charge is 0.393 e. The van der Waals surface area contributed by atoms with Crippen molar-refractivity contribution in [2.75, 3.05) is 0 Å². The van der Waals surface area contributed by atoms with E-state index in [0.29, 0.717) is 12.8 Å². The molecule has 0 unspecified atom stereocenters. The molecule has 1 aliphatic carbocycles. The van der Waals surface area contributed by atoms with Gasteiger partial charge in [-0.1, -0.05) is 54.6 Å². The van der Waals surface area contributed by atoms with Crippen LogP contribution in [0.15, 0.2) is 54.6 Å². The first-order valence-corrected chi connectivity index (χ1v) is 6.30. The zero-order chi connectivity index (χ0) is 12.6. The highest BCUT2D eigenvalue weighted by molar-refractivity contribution is 5.63. The minimum atomic E-state index is -0.325. The van der Waals surface area contributed by atoms with Crippen LogP contribution < -0.4 is 5.73 Å². The number of rotatable bonds is 2. The molecule has 0 aliphatic heterocycles. The van der Waals surface area contributed by atoms with Crippen molar-refractivity contribution < 1.29 is 5.11 Å². The maximum Gasteiger partial charge on any atom is 0.0582 e. The summed E-state index contributed by atoms with van der Waals surface area (Å²) in [6.45, 7) is 0. The second-order valence-electron chi connectivity index (χ2n) is 5.16. The fourth-order valence-corrected chi connectivity index (χ4v) is 2.64. The summed E-state index contributed by atoms with van der Waals surface area (Å²) in [5, 5.41) is 9.40. The average Bonchev–Trinajstić information content (AvgIpc) is 2.38. The first-order chi connectivity index (χ1) is 8.67. The van der Waals surface area contributed by atoms with Gasteiger partial charge in [0.15, 0.2) is 0 Å². The molecule has 3 N–H and O–H groups in total. The molecule has 2 heteroatoms. The average molecular weight is 239 g/mol. The van der Waals surface area contributed by atoms with Gasteiger partial charge in [-0.15, -0.1) is 0 Å². The molecule has 0 atom stereocenters. The Balaban J connectivity index is 1.86. The molecule has 0 heterocycles. The van der Waals surface area contributed by atoms with E-state index in [9.17, 15) is 5.11 Å². The highest BCUT2D eigenvalue weighted by Gasteiger charge is 2.41. The first kappa shape index (κ1) is 11.5. The zero-order valence-electron chi connectivity index (χ0n) is 10.2. The van der Waals surface area contributed by atoms with E-state index in [1.807, 2.05) is 18.2 Å². The van der Waals surface area contributed by atoms with Crippen LogP contribution in [-0.4, -0.2) is 11.2 Å². The van der Waals surface area contributed by atoms with Gasteiger partial charge in [-0.2, -0.15) is 0 Å². The summed E-state index contributed by atoms with van der Waals surface area (Å²) < 4.78 is 0. The molecule has 3 rings (SSSR count). The number of hydrogen-bond acceptors (Lipinski definition) is 2. The Morgan fingerprint density at radius 3 is 2.00 bits per heavy atom. The topological polar surface area (TPSA) is 46.2 Å². The highest BCUT2D eigenvalue weighted by atomic mass is 16.3. The van der Waals surface area contributed by atoms with Crippen LogP contribution in [0.25, 0.3) is 11.1 Å². The van der Waals surface area contributed by atoms with Crippen LogP contribution in [0.3, 0.4) is 0 Å².